The van der Waals surface area contributed by atoms with E-state index in [2.05, 4.69) is 21.2 Å². The lowest BCUT2D eigenvalue weighted by Gasteiger charge is -2.34. The largest absolute Gasteiger partial charge is 0.477 e. The van der Waals surface area contributed by atoms with Crippen molar-refractivity contribution in [3.8, 4) is 0 Å². The number of rotatable bonds is 3. The average Bonchev–Trinajstić information content (AvgIpc) is 2.55. The van der Waals surface area contributed by atoms with Crippen LogP contribution in [-0.4, -0.2) is 41.2 Å². The molecule has 3 rings (SSSR count). The highest BCUT2D eigenvalue weighted by molar-refractivity contribution is 9.10. The molecule has 1 atom stereocenters. The Morgan fingerprint density at radius 3 is 2.84 bits per heavy atom. The molecule has 1 aliphatic rings. The van der Waals surface area contributed by atoms with Gasteiger partial charge >= 0.3 is 5.97 Å². The number of piperazine rings is 1. The van der Waals surface area contributed by atoms with Crippen molar-refractivity contribution in [1.82, 2.24) is 9.72 Å². The van der Waals surface area contributed by atoms with Gasteiger partial charge in [0.15, 0.2) is 5.82 Å². The zero-order valence-electron chi connectivity index (χ0n) is 14.0. The molecule has 0 bridgehead atoms. The zero-order valence-corrected chi connectivity index (χ0v) is 15.6. The Balaban J connectivity index is 2.31. The van der Waals surface area contributed by atoms with E-state index in [0.717, 1.165) is 17.1 Å². The van der Waals surface area contributed by atoms with Crippen molar-refractivity contribution in [1.29, 1.82) is 0 Å². The number of hydrogen-bond donors (Lipinski definition) is 2. The molecule has 0 spiro atoms. The zero-order chi connectivity index (χ0) is 18.3. The summed E-state index contributed by atoms with van der Waals surface area (Å²) in [6.45, 7) is 5.93. The van der Waals surface area contributed by atoms with Crippen LogP contribution in [0.4, 0.5) is 10.1 Å². The van der Waals surface area contributed by atoms with Gasteiger partial charge in [0, 0.05) is 25.7 Å². The minimum atomic E-state index is -1.31. The number of halogens is 2. The van der Waals surface area contributed by atoms with Crippen molar-refractivity contribution >= 4 is 33.1 Å². The SMILES string of the molecule is CCc1cc(C(=O)O)c(=O)n2cc(F)c(N3CCNC(C)C3)c(Br)c12. The quantitative estimate of drug-likeness (QED) is 0.809. The summed E-state index contributed by atoms with van der Waals surface area (Å²) in [4.78, 5) is 25.7. The number of aryl methyl sites for hydroxylation is 1. The first kappa shape index (κ1) is 17.9. The molecule has 134 valence electrons. The van der Waals surface area contributed by atoms with Crippen molar-refractivity contribution in [3.63, 3.8) is 0 Å². The summed E-state index contributed by atoms with van der Waals surface area (Å²) in [6.07, 6.45) is 1.61. The van der Waals surface area contributed by atoms with Crippen LogP contribution in [0.3, 0.4) is 0 Å². The van der Waals surface area contributed by atoms with Gasteiger partial charge in [0.25, 0.3) is 5.56 Å². The molecule has 1 saturated heterocycles. The molecule has 25 heavy (non-hydrogen) atoms. The van der Waals surface area contributed by atoms with Crippen molar-refractivity contribution in [2.45, 2.75) is 26.3 Å². The number of nitrogens with zero attached hydrogens (tertiary/aromatic N) is 2. The van der Waals surface area contributed by atoms with Crippen molar-refractivity contribution < 1.29 is 14.3 Å². The van der Waals surface area contributed by atoms with Crippen LogP contribution >= 0.6 is 15.9 Å². The Morgan fingerprint density at radius 1 is 1.52 bits per heavy atom. The topological polar surface area (TPSA) is 74.0 Å². The molecule has 1 fully saturated rings. The van der Waals surface area contributed by atoms with Crippen molar-refractivity contribution in [2.75, 3.05) is 24.5 Å². The Kier molecular flexibility index (Phi) is 4.83. The molecule has 0 aromatic carbocycles. The predicted molar refractivity (Wildman–Crippen MR) is 97.3 cm³/mol. The summed E-state index contributed by atoms with van der Waals surface area (Å²) in [5, 5.41) is 12.5. The maximum Gasteiger partial charge on any atom is 0.341 e. The van der Waals surface area contributed by atoms with Gasteiger partial charge in [-0.3, -0.25) is 9.20 Å². The summed E-state index contributed by atoms with van der Waals surface area (Å²) in [7, 11) is 0. The maximum atomic E-state index is 14.8. The molecule has 0 amide bonds. The first-order valence-corrected chi connectivity index (χ1v) is 8.92. The lowest BCUT2D eigenvalue weighted by molar-refractivity contribution is 0.0694. The molecule has 0 saturated carbocycles. The first-order chi connectivity index (χ1) is 11.8. The number of carboxylic acid groups (broad SMARTS) is 1. The normalized spacial score (nSPS) is 17.9. The molecular formula is C17H19BrFN3O3. The smallest absolute Gasteiger partial charge is 0.341 e. The number of carboxylic acids is 1. The highest BCUT2D eigenvalue weighted by Crippen LogP contribution is 2.35. The highest BCUT2D eigenvalue weighted by Gasteiger charge is 2.25. The summed E-state index contributed by atoms with van der Waals surface area (Å²) in [6, 6.07) is 1.60. The van der Waals surface area contributed by atoms with Crippen molar-refractivity contribution in [3.05, 3.63) is 44.0 Å². The molecule has 1 unspecified atom stereocenters. The number of aromatic nitrogens is 1. The van der Waals surface area contributed by atoms with E-state index >= 15 is 0 Å². The minimum Gasteiger partial charge on any atom is -0.477 e. The van der Waals surface area contributed by atoms with E-state index in [1.54, 1.807) is 0 Å². The van der Waals surface area contributed by atoms with Crippen LogP contribution in [0.25, 0.3) is 5.52 Å². The number of carbonyl (C=O) groups is 1. The third kappa shape index (κ3) is 3.04. The van der Waals surface area contributed by atoms with Gasteiger partial charge in [-0.25, -0.2) is 9.18 Å². The number of nitrogens with one attached hydrogen (secondary N) is 1. The Morgan fingerprint density at radius 2 is 2.24 bits per heavy atom. The Hall–Kier alpha value is -1.93. The summed E-state index contributed by atoms with van der Waals surface area (Å²) in [5.41, 5.74) is 0.502. The summed E-state index contributed by atoms with van der Waals surface area (Å²) < 4.78 is 16.4. The molecule has 6 nitrogen and oxygen atoms in total. The van der Waals surface area contributed by atoms with Gasteiger partial charge < -0.3 is 15.3 Å². The van der Waals surface area contributed by atoms with Crippen molar-refractivity contribution in [2.24, 2.45) is 0 Å². The lowest BCUT2D eigenvalue weighted by atomic mass is 10.1. The maximum absolute atomic E-state index is 14.8. The van der Waals surface area contributed by atoms with Crippen LogP contribution in [0.5, 0.6) is 0 Å². The van der Waals surface area contributed by atoms with E-state index in [0.29, 0.717) is 40.8 Å². The number of fused-ring (bicyclic) bond motifs is 1. The van der Waals surface area contributed by atoms with Crippen LogP contribution in [0.15, 0.2) is 21.5 Å². The fourth-order valence-corrected chi connectivity index (χ4v) is 4.19. The lowest BCUT2D eigenvalue weighted by Crippen LogP contribution is -2.49. The van der Waals surface area contributed by atoms with Gasteiger partial charge in [-0.05, 0) is 40.9 Å². The first-order valence-electron chi connectivity index (χ1n) is 8.13. The Bertz CT molecular complexity index is 912. The van der Waals surface area contributed by atoms with Gasteiger partial charge in [0.05, 0.1) is 21.9 Å². The number of aromatic carboxylic acids is 1. The van der Waals surface area contributed by atoms with E-state index in [1.807, 2.05) is 18.7 Å². The molecule has 8 heteroatoms. The van der Waals surface area contributed by atoms with Gasteiger partial charge in [-0.15, -0.1) is 0 Å². The molecule has 2 aromatic rings. The predicted octanol–water partition coefficient (Wildman–Crippen LogP) is 2.26. The molecule has 2 aromatic heterocycles. The van der Waals surface area contributed by atoms with E-state index in [-0.39, 0.29) is 11.6 Å². The standard InChI is InChI=1S/C17H19BrFN3O3/c1-3-10-6-11(17(24)25)16(23)22-8-12(19)15(13(18)14(10)22)21-5-4-20-9(2)7-21/h6,8-9,20H,3-5,7H2,1-2H3,(H,24,25). The van der Waals surface area contributed by atoms with E-state index in [4.69, 9.17) is 0 Å². The van der Waals surface area contributed by atoms with Crippen LogP contribution < -0.4 is 15.8 Å². The third-order valence-corrected chi connectivity index (χ3v) is 5.24. The van der Waals surface area contributed by atoms with Crippen LogP contribution in [-0.2, 0) is 6.42 Å². The number of anilines is 1. The number of pyridine rings is 2. The number of hydrogen-bond acceptors (Lipinski definition) is 4. The van der Waals surface area contributed by atoms with Crippen LogP contribution in [0.2, 0.25) is 0 Å². The molecule has 1 aliphatic heterocycles. The second-order valence-corrected chi connectivity index (χ2v) is 7.00. The van der Waals surface area contributed by atoms with Gasteiger partial charge in [-0.2, -0.15) is 0 Å². The van der Waals surface area contributed by atoms with Crippen LogP contribution in [0, 0.1) is 5.82 Å². The Labute approximate surface area is 152 Å². The summed E-state index contributed by atoms with van der Waals surface area (Å²) in [5.74, 6) is -1.87. The molecule has 0 radical (unpaired) electrons. The molecule has 3 heterocycles. The van der Waals surface area contributed by atoms with Gasteiger partial charge in [0.2, 0.25) is 0 Å². The van der Waals surface area contributed by atoms with Crippen LogP contribution in [0.1, 0.15) is 29.8 Å². The fraction of sp³-hybridized carbons (Fsp3) is 0.412. The highest BCUT2D eigenvalue weighted by atomic mass is 79.9. The second-order valence-electron chi connectivity index (χ2n) is 6.21. The molecule has 2 N–H and O–H groups in total. The van der Waals surface area contributed by atoms with Gasteiger partial charge in [0.1, 0.15) is 5.56 Å². The third-order valence-electron chi connectivity index (χ3n) is 4.49. The fourth-order valence-electron chi connectivity index (χ4n) is 3.30. The monoisotopic (exact) mass is 411 g/mol. The van der Waals surface area contributed by atoms with Gasteiger partial charge in [-0.1, -0.05) is 6.92 Å². The van der Waals surface area contributed by atoms with E-state index in [1.165, 1.54) is 6.07 Å². The van der Waals surface area contributed by atoms with E-state index < -0.39 is 17.3 Å². The summed E-state index contributed by atoms with van der Waals surface area (Å²) >= 11 is 3.47. The minimum absolute atomic E-state index is 0.221. The molecular weight excluding hydrogens is 393 g/mol. The molecule has 0 aliphatic carbocycles. The van der Waals surface area contributed by atoms with E-state index in [9.17, 15) is 19.1 Å². The average molecular weight is 412 g/mol. The second kappa shape index (κ2) is 6.76.